The lowest BCUT2D eigenvalue weighted by Crippen LogP contribution is -2.16. The number of hydrogen-bond acceptors (Lipinski definition) is 6. The minimum absolute atomic E-state index is 0.152. The van der Waals surface area contributed by atoms with Crippen LogP contribution in [0.25, 0.3) is 16.9 Å². The number of rotatable bonds is 5. The number of aromatic nitrogens is 3. The van der Waals surface area contributed by atoms with Crippen molar-refractivity contribution in [3.8, 4) is 16.9 Å². The van der Waals surface area contributed by atoms with Gasteiger partial charge in [-0.25, -0.2) is 13.1 Å². The largest absolute Gasteiger partial charge is 0.364 e. The van der Waals surface area contributed by atoms with Crippen molar-refractivity contribution >= 4 is 38.9 Å². The van der Waals surface area contributed by atoms with Crippen LogP contribution in [0.15, 0.2) is 65.8 Å². The predicted octanol–water partition coefficient (Wildman–Crippen LogP) is 3.44. The van der Waals surface area contributed by atoms with Crippen LogP contribution in [0.5, 0.6) is 0 Å². The van der Waals surface area contributed by atoms with E-state index in [0.717, 1.165) is 17.4 Å². The molecule has 36 heavy (non-hydrogen) atoms. The number of hydrogen-bond donors (Lipinski definition) is 2. The van der Waals surface area contributed by atoms with Gasteiger partial charge < -0.3 is 11.1 Å². The Morgan fingerprint density at radius 3 is 2.50 bits per heavy atom. The van der Waals surface area contributed by atoms with E-state index in [4.69, 9.17) is 17.3 Å². The van der Waals surface area contributed by atoms with Crippen LogP contribution in [-0.4, -0.2) is 41.3 Å². The fourth-order valence-electron chi connectivity index (χ4n) is 4.28. The molecule has 4 aromatic rings. The first kappa shape index (κ1) is 23.7. The van der Waals surface area contributed by atoms with Crippen LogP contribution in [-0.2, 0) is 22.7 Å². The molecule has 5 rings (SSSR count). The summed E-state index contributed by atoms with van der Waals surface area (Å²) in [7, 11) is -3.38. The summed E-state index contributed by atoms with van der Waals surface area (Å²) in [5, 5.41) is 7.61. The smallest absolute Gasteiger partial charge is 0.269 e. The molecular formula is C25H20ClN5O4S. The summed E-state index contributed by atoms with van der Waals surface area (Å²) in [5.41, 5.74) is 10.3. The van der Waals surface area contributed by atoms with E-state index in [-0.39, 0.29) is 21.2 Å². The summed E-state index contributed by atoms with van der Waals surface area (Å²) < 4.78 is 25.4. The number of nitrogens with one attached hydrogen (secondary N) is 1. The Morgan fingerprint density at radius 2 is 1.83 bits per heavy atom. The third-order valence-electron chi connectivity index (χ3n) is 6.01. The van der Waals surface area contributed by atoms with Crippen molar-refractivity contribution in [1.29, 1.82) is 0 Å². The summed E-state index contributed by atoms with van der Waals surface area (Å²) in [6.07, 6.45) is 5.23. The molecule has 182 valence electrons. The average Bonchev–Trinajstić information content (AvgIpc) is 3.24. The number of carbonyl (C=O) groups is 2. The van der Waals surface area contributed by atoms with E-state index in [1.807, 2.05) is 12.1 Å². The highest BCUT2D eigenvalue weighted by molar-refractivity contribution is 7.90. The van der Waals surface area contributed by atoms with Gasteiger partial charge in [-0.2, -0.15) is 5.10 Å². The van der Waals surface area contributed by atoms with Crippen molar-refractivity contribution in [3.05, 3.63) is 88.3 Å². The molecule has 0 aliphatic heterocycles. The third kappa shape index (κ3) is 4.25. The number of amides is 2. The third-order valence-corrected chi connectivity index (χ3v) is 7.46. The van der Waals surface area contributed by atoms with Crippen molar-refractivity contribution in [2.45, 2.75) is 17.7 Å². The molecule has 0 fully saturated rings. The maximum atomic E-state index is 12.8. The van der Waals surface area contributed by atoms with E-state index < -0.39 is 21.7 Å². The summed E-state index contributed by atoms with van der Waals surface area (Å²) in [4.78, 5) is 29.1. The summed E-state index contributed by atoms with van der Waals surface area (Å²) >= 11 is 6.13. The van der Waals surface area contributed by atoms with Gasteiger partial charge in [0.25, 0.3) is 11.8 Å². The van der Waals surface area contributed by atoms with E-state index in [1.165, 1.54) is 30.6 Å². The predicted molar refractivity (Wildman–Crippen MR) is 135 cm³/mol. The summed E-state index contributed by atoms with van der Waals surface area (Å²) in [6.45, 7) is 0. The summed E-state index contributed by atoms with van der Waals surface area (Å²) in [5.74, 6) is -1.07. The number of nitrogens with zero attached hydrogens (tertiary/aromatic N) is 3. The molecule has 0 saturated heterocycles. The standard InChI is InChI=1S/C25H20ClN5O4S/c1-36(34,35)17-7-5-16(6-8-17)31-23-18(22(30-31)24(27)32)9-3-14-2-4-15(12-19(14)23)29-25(33)20-13-28-11-10-21(20)26/h2,4-8,10-13H,3,9H2,1H3,(H2,27,32)(H,29,33). The molecule has 0 unspecified atom stereocenters. The molecule has 0 radical (unpaired) electrons. The van der Waals surface area contributed by atoms with Gasteiger partial charge in [0.1, 0.15) is 0 Å². The Labute approximate surface area is 211 Å². The lowest BCUT2D eigenvalue weighted by atomic mass is 9.88. The monoisotopic (exact) mass is 521 g/mol. The van der Waals surface area contributed by atoms with Crippen molar-refractivity contribution in [2.24, 2.45) is 5.73 Å². The Balaban J connectivity index is 1.61. The van der Waals surface area contributed by atoms with Gasteiger partial charge >= 0.3 is 0 Å². The Morgan fingerprint density at radius 1 is 1.08 bits per heavy atom. The molecule has 2 heterocycles. The van der Waals surface area contributed by atoms with Gasteiger partial charge in [0, 0.05) is 35.5 Å². The minimum atomic E-state index is -3.38. The van der Waals surface area contributed by atoms with Crippen LogP contribution < -0.4 is 11.1 Å². The molecule has 0 saturated carbocycles. The van der Waals surface area contributed by atoms with Gasteiger partial charge in [0.2, 0.25) is 0 Å². The number of nitrogens with two attached hydrogens (primary N) is 1. The highest BCUT2D eigenvalue weighted by Gasteiger charge is 2.28. The number of primary amides is 1. The molecule has 3 N–H and O–H groups in total. The molecule has 2 amide bonds. The van der Waals surface area contributed by atoms with Gasteiger partial charge in [-0.1, -0.05) is 17.7 Å². The van der Waals surface area contributed by atoms with Crippen molar-refractivity contribution < 1.29 is 18.0 Å². The van der Waals surface area contributed by atoms with Gasteiger partial charge in [-0.15, -0.1) is 0 Å². The molecule has 0 bridgehead atoms. The first-order valence-electron chi connectivity index (χ1n) is 10.9. The number of carbonyl (C=O) groups excluding carboxylic acids is 2. The molecular weight excluding hydrogens is 502 g/mol. The second-order valence-corrected chi connectivity index (χ2v) is 10.8. The van der Waals surface area contributed by atoms with Crippen molar-refractivity contribution in [3.63, 3.8) is 0 Å². The second-order valence-electron chi connectivity index (χ2n) is 8.40. The minimum Gasteiger partial charge on any atom is -0.364 e. The Hall–Kier alpha value is -4.02. The number of aryl methyl sites for hydroxylation is 1. The van der Waals surface area contributed by atoms with Crippen LogP contribution in [0.2, 0.25) is 5.02 Å². The van der Waals surface area contributed by atoms with Gasteiger partial charge in [-0.05, 0) is 60.9 Å². The van der Waals surface area contributed by atoms with Crippen molar-refractivity contribution in [1.82, 2.24) is 14.8 Å². The van der Waals surface area contributed by atoms with E-state index in [1.54, 1.807) is 22.9 Å². The maximum Gasteiger partial charge on any atom is 0.269 e. The van der Waals surface area contributed by atoms with E-state index in [0.29, 0.717) is 35.5 Å². The van der Waals surface area contributed by atoms with Gasteiger partial charge in [0.15, 0.2) is 15.5 Å². The van der Waals surface area contributed by atoms with Gasteiger partial charge in [0.05, 0.1) is 26.9 Å². The van der Waals surface area contributed by atoms with E-state index in [2.05, 4.69) is 15.4 Å². The van der Waals surface area contributed by atoms with Crippen LogP contribution >= 0.6 is 11.6 Å². The SMILES string of the molecule is CS(=O)(=O)c1ccc(-n2nc(C(N)=O)c3c2-c2cc(NC(=O)c4cnccc4Cl)ccc2CC3)cc1. The first-order chi connectivity index (χ1) is 17.1. The van der Waals surface area contributed by atoms with Crippen LogP contribution in [0.3, 0.4) is 0 Å². The molecule has 9 nitrogen and oxygen atoms in total. The highest BCUT2D eigenvalue weighted by atomic mass is 35.5. The Kier molecular flexibility index (Phi) is 5.85. The van der Waals surface area contributed by atoms with E-state index in [9.17, 15) is 18.0 Å². The van der Waals surface area contributed by atoms with Crippen molar-refractivity contribution in [2.75, 3.05) is 11.6 Å². The Bertz CT molecular complexity index is 1650. The lowest BCUT2D eigenvalue weighted by molar-refractivity contribution is 0.0992. The molecule has 1 aliphatic carbocycles. The second kappa shape index (κ2) is 8.89. The quantitative estimate of drug-likeness (QED) is 0.412. The van der Waals surface area contributed by atoms with Crippen LogP contribution in [0.4, 0.5) is 5.69 Å². The average molecular weight is 522 g/mol. The van der Waals surface area contributed by atoms with Crippen LogP contribution in [0, 0.1) is 0 Å². The number of halogens is 1. The maximum absolute atomic E-state index is 12.8. The zero-order chi connectivity index (χ0) is 25.6. The highest BCUT2D eigenvalue weighted by Crippen LogP contribution is 2.38. The number of sulfone groups is 1. The zero-order valence-electron chi connectivity index (χ0n) is 19.0. The first-order valence-corrected chi connectivity index (χ1v) is 13.2. The fraction of sp³-hybridized carbons (Fsp3) is 0.120. The number of fused-ring (bicyclic) bond motifs is 3. The zero-order valence-corrected chi connectivity index (χ0v) is 20.6. The molecule has 2 aromatic carbocycles. The molecule has 11 heteroatoms. The molecule has 2 aromatic heterocycles. The topological polar surface area (TPSA) is 137 Å². The normalized spacial score (nSPS) is 12.5. The lowest BCUT2D eigenvalue weighted by Gasteiger charge is -2.20. The fourth-order valence-corrected chi connectivity index (χ4v) is 5.10. The molecule has 1 aliphatic rings. The molecule has 0 atom stereocenters. The van der Waals surface area contributed by atoms with E-state index >= 15 is 0 Å². The van der Waals surface area contributed by atoms with Gasteiger partial charge in [-0.3, -0.25) is 14.6 Å². The molecule has 0 spiro atoms. The summed E-state index contributed by atoms with van der Waals surface area (Å²) in [6, 6.07) is 13.3. The van der Waals surface area contributed by atoms with Crippen LogP contribution in [0.1, 0.15) is 32.0 Å². The number of benzene rings is 2. The number of pyridine rings is 1. The number of anilines is 1.